The molecular weight excluding hydrogens is 210 g/mol. The number of para-hydroxylation sites is 1. The molecule has 0 saturated carbocycles. The Bertz CT molecular complexity index is 347. The van der Waals surface area contributed by atoms with Crippen molar-refractivity contribution in [2.45, 2.75) is 26.1 Å². The Labute approximate surface area is 95.6 Å². The van der Waals surface area contributed by atoms with E-state index in [1.807, 2.05) is 45.0 Å². The van der Waals surface area contributed by atoms with Crippen molar-refractivity contribution in [3.63, 3.8) is 0 Å². The van der Waals surface area contributed by atoms with E-state index in [4.69, 9.17) is 11.6 Å². The monoisotopic (exact) mass is 225 g/mol. The van der Waals surface area contributed by atoms with Gasteiger partial charge in [-0.05, 0) is 18.6 Å². The summed E-state index contributed by atoms with van der Waals surface area (Å²) in [7, 11) is 0. The summed E-state index contributed by atoms with van der Waals surface area (Å²) in [5.74, 6) is -0.0107. The van der Waals surface area contributed by atoms with Crippen molar-refractivity contribution < 1.29 is 4.79 Å². The topological polar surface area (TPSA) is 29.1 Å². The van der Waals surface area contributed by atoms with E-state index in [1.165, 1.54) is 0 Å². The number of nitrogens with one attached hydrogen (secondary N) is 1. The highest BCUT2D eigenvalue weighted by Crippen LogP contribution is 2.27. The number of carbonyl (C=O) groups excluding carboxylic acids is 1. The van der Waals surface area contributed by atoms with E-state index in [2.05, 4.69) is 5.32 Å². The lowest BCUT2D eigenvalue weighted by Gasteiger charge is -2.13. The Morgan fingerprint density at radius 3 is 2.40 bits per heavy atom. The predicted molar refractivity (Wildman–Crippen MR) is 64.2 cm³/mol. The molecule has 1 atom stereocenters. The summed E-state index contributed by atoms with van der Waals surface area (Å²) in [6, 6.07) is 7.60. The van der Waals surface area contributed by atoms with E-state index in [9.17, 15) is 4.79 Å². The zero-order chi connectivity index (χ0) is 11.4. The fourth-order valence-electron chi connectivity index (χ4n) is 1.23. The number of hydrogen-bond acceptors (Lipinski definition) is 1. The SMILES string of the molecule is CC(C)C(=O)Nc1ccccc1C(C)Cl. The molecule has 15 heavy (non-hydrogen) atoms. The molecule has 0 spiro atoms. The molecule has 1 rings (SSSR count). The first-order chi connectivity index (χ1) is 7.02. The van der Waals surface area contributed by atoms with Crippen LogP contribution in [0.4, 0.5) is 5.69 Å². The van der Waals surface area contributed by atoms with Crippen molar-refractivity contribution >= 4 is 23.2 Å². The molecule has 0 aliphatic carbocycles. The molecule has 0 radical (unpaired) electrons. The first-order valence-corrected chi connectivity index (χ1v) is 5.50. The molecule has 1 aromatic rings. The zero-order valence-corrected chi connectivity index (χ0v) is 10.0. The number of halogens is 1. The summed E-state index contributed by atoms with van der Waals surface area (Å²) in [5, 5.41) is 2.76. The van der Waals surface area contributed by atoms with Crippen LogP contribution in [0.3, 0.4) is 0 Å². The van der Waals surface area contributed by atoms with Gasteiger partial charge in [-0.1, -0.05) is 32.0 Å². The Morgan fingerprint density at radius 1 is 1.27 bits per heavy atom. The third-order valence-corrected chi connectivity index (χ3v) is 2.41. The van der Waals surface area contributed by atoms with Crippen LogP contribution in [0, 0.1) is 5.92 Å². The molecule has 1 aromatic carbocycles. The van der Waals surface area contributed by atoms with Gasteiger partial charge in [-0.15, -0.1) is 11.6 Å². The Kier molecular flexibility index (Phi) is 4.15. The maximum atomic E-state index is 11.5. The molecule has 3 heteroatoms. The van der Waals surface area contributed by atoms with Gasteiger partial charge >= 0.3 is 0 Å². The van der Waals surface area contributed by atoms with Gasteiger partial charge in [0.1, 0.15) is 0 Å². The average molecular weight is 226 g/mol. The summed E-state index contributed by atoms with van der Waals surface area (Å²) in [4.78, 5) is 11.5. The molecule has 0 fully saturated rings. The average Bonchev–Trinajstić information content (AvgIpc) is 2.18. The summed E-state index contributed by atoms with van der Waals surface area (Å²) >= 11 is 6.02. The quantitative estimate of drug-likeness (QED) is 0.783. The van der Waals surface area contributed by atoms with Gasteiger partial charge in [0.15, 0.2) is 0 Å². The van der Waals surface area contributed by atoms with Crippen LogP contribution in [0.2, 0.25) is 0 Å². The second kappa shape index (κ2) is 5.17. The maximum absolute atomic E-state index is 11.5. The van der Waals surface area contributed by atoms with Gasteiger partial charge in [-0.3, -0.25) is 4.79 Å². The van der Waals surface area contributed by atoms with E-state index in [0.29, 0.717) is 0 Å². The molecule has 1 amide bonds. The number of benzene rings is 1. The lowest BCUT2D eigenvalue weighted by atomic mass is 10.1. The molecular formula is C12H16ClNO. The smallest absolute Gasteiger partial charge is 0.226 e. The zero-order valence-electron chi connectivity index (χ0n) is 9.25. The molecule has 0 saturated heterocycles. The van der Waals surface area contributed by atoms with Crippen LogP contribution < -0.4 is 5.32 Å². The van der Waals surface area contributed by atoms with Crippen LogP contribution in [0.25, 0.3) is 0 Å². The number of amides is 1. The van der Waals surface area contributed by atoms with Crippen molar-refractivity contribution in [3.8, 4) is 0 Å². The number of rotatable bonds is 3. The normalized spacial score (nSPS) is 12.6. The summed E-state index contributed by atoms with van der Waals surface area (Å²) in [6.07, 6.45) is 0. The fraction of sp³-hybridized carbons (Fsp3) is 0.417. The van der Waals surface area contributed by atoms with Crippen molar-refractivity contribution in [2.75, 3.05) is 5.32 Å². The predicted octanol–water partition coefficient (Wildman–Crippen LogP) is 3.58. The molecule has 0 bridgehead atoms. The first kappa shape index (κ1) is 12.1. The van der Waals surface area contributed by atoms with Crippen molar-refractivity contribution in [1.82, 2.24) is 0 Å². The van der Waals surface area contributed by atoms with Gasteiger partial charge in [-0.25, -0.2) is 0 Å². The highest BCUT2D eigenvalue weighted by Gasteiger charge is 2.11. The molecule has 1 unspecified atom stereocenters. The molecule has 1 N–H and O–H groups in total. The summed E-state index contributed by atoms with van der Waals surface area (Å²) in [5.41, 5.74) is 1.76. The van der Waals surface area contributed by atoms with Gasteiger partial charge in [0.05, 0.1) is 5.38 Å². The third-order valence-electron chi connectivity index (χ3n) is 2.17. The third kappa shape index (κ3) is 3.24. The molecule has 2 nitrogen and oxygen atoms in total. The molecule has 0 aliphatic rings. The molecule has 0 heterocycles. The largest absolute Gasteiger partial charge is 0.326 e. The van der Waals surface area contributed by atoms with E-state index in [0.717, 1.165) is 11.3 Å². The fourth-order valence-corrected chi connectivity index (χ4v) is 1.43. The van der Waals surface area contributed by atoms with E-state index >= 15 is 0 Å². The minimum atomic E-state index is -0.103. The van der Waals surface area contributed by atoms with E-state index < -0.39 is 0 Å². The molecule has 82 valence electrons. The van der Waals surface area contributed by atoms with Gasteiger partial charge in [0.25, 0.3) is 0 Å². The number of hydrogen-bond donors (Lipinski definition) is 1. The summed E-state index contributed by atoms with van der Waals surface area (Å²) in [6.45, 7) is 5.62. The maximum Gasteiger partial charge on any atom is 0.226 e. The lowest BCUT2D eigenvalue weighted by molar-refractivity contribution is -0.118. The van der Waals surface area contributed by atoms with Crippen LogP contribution >= 0.6 is 11.6 Å². The highest BCUT2D eigenvalue weighted by molar-refractivity contribution is 6.21. The lowest BCUT2D eigenvalue weighted by Crippen LogP contribution is -2.18. The van der Waals surface area contributed by atoms with Gasteiger partial charge in [0.2, 0.25) is 5.91 Å². The Balaban J connectivity index is 2.89. The van der Waals surface area contributed by atoms with Gasteiger partial charge in [0, 0.05) is 11.6 Å². The first-order valence-electron chi connectivity index (χ1n) is 5.06. The molecule has 0 aliphatic heterocycles. The van der Waals surface area contributed by atoms with E-state index in [-0.39, 0.29) is 17.2 Å². The van der Waals surface area contributed by atoms with E-state index in [1.54, 1.807) is 0 Å². The van der Waals surface area contributed by atoms with Gasteiger partial charge < -0.3 is 5.32 Å². The van der Waals surface area contributed by atoms with Crippen molar-refractivity contribution in [1.29, 1.82) is 0 Å². The van der Waals surface area contributed by atoms with Crippen LogP contribution in [-0.2, 0) is 4.79 Å². The van der Waals surface area contributed by atoms with Crippen LogP contribution in [0.1, 0.15) is 31.7 Å². The standard InChI is InChI=1S/C12H16ClNO/c1-8(2)12(15)14-11-7-5-4-6-10(11)9(3)13/h4-9H,1-3H3,(H,14,15). The minimum absolute atomic E-state index is 0.0137. The second-order valence-electron chi connectivity index (χ2n) is 3.85. The Hall–Kier alpha value is -1.02. The summed E-state index contributed by atoms with van der Waals surface area (Å²) < 4.78 is 0. The number of carbonyl (C=O) groups is 1. The Morgan fingerprint density at radius 2 is 1.87 bits per heavy atom. The number of alkyl halides is 1. The minimum Gasteiger partial charge on any atom is -0.326 e. The van der Waals surface area contributed by atoms with Crippen LogP contribution in [-0.4, -0.2) is 5.91 Å². The molecule has 0 aromatic heterocycles. The number of anilines is 1. The van der Waals surface area contributed by atoms with Crippen LogP contribution in [0.5, 0.6) is 0 Å². The van der Waals surface area contributed by atoms with Crippen LogP contribution in [0.15, 0.2) is 24.3 Å². The van der Waals surface area contributed by atoms with Gasteiger partial charge in [-0.2, -0.15) is 0 Å². The van der Waals surface area contributed by atoms with Crippen molar-refractivity contribution in [3.05, 3.63) is 29.8 Å². The second-order valence-corrected chi connectivity index (χ2v) is 4.50. The van der Waals surface area contributed by atoms with Crippen molar-refractivity contribution in [2.24, 2.45) is 5.92 Å². The highest BCUT2D eigenvalue weighted by atomic mass is 35.5.